The Morgan fingerprint density at radius 2 is 2.10 bits per heavy atom. The standard InChI is InChI=1S/C13H10ClFN2O3/c14-8-5-11(16-6-8)13(19)20-7-12(18)17-10-4-2-1-3-9(10)15/h1-6,16H,7H2,(H,17,18). The molecule has 1 aromatic heterocycles. The zero-order chi connectivity index (χ0) is 14.5. The van der Waals surface area contributed by atoms with Gasteiger partial charge in [0.25, 0.3) is 5.91 Å². The van der Waals surface area contributed by atoms with Crippen molar-refractivity contribution in [3.8, 4) is 0 Å². The Bertz CT molecular complexity index is 642. The third-order valence-corrected chi connectivity index (χ3v) is 2.57. The fourth-order valence-corrected chi connectivity index (χ4v) is 1.61. The van der Waals surface area contributed by atoms with Crippen molar-refractivity contribution in [2.24, 2.45) is 0 Å². The van der Waals surface area contributed by atoms with Gasteiger partial charge >= 0.3 is 5.97 Å². The summed E-state index contributed by atoms with van der Waals surface area (Å²) < 4.78 is 18.0. The third kappa shape index (κ3) is 3.58. The minimum Gasteiger partial charge on any atom is -0.451 e. The van der Waals surface area contributed by atoms with E-state index in [2.05, 4.69) is 10.3 Å². The Morgan fingerprint density at radius 1 is 1.35 bits per heavy atom. The zero-order valence-corrected chi connectivity index (χ0v) is 10.9. The van der Waals surface area contributed by atoms with Gasteiger partial charge in [0.1, 0.15) is 11.5 Å². The molecule has 2 rings (SSSR count). The minimum absolute atomic E-state index is 0.0245. The number of benzene rings is 1. The Balaban J connectivity index is 1.87. The van der Waals surface area contributed by atoms with Crippen molar-refractivity contribution in [2.75, 3.05) is 11.9 Å². The fraction of sp³-hybridized carbons (Fsp3) is 0.0769. The molecule has 2 aromatic rings. The number of halogens is 2. The zero-order valence-electron chi connectivity index (χ0n) is 10.2. The molecule has 0 aliphatic rings. The molecule has 2 N–H and O–H groups in total. The maximum absolute atomic E-state index is 13.3. The Hall–Kier alpha value is -2.34. The molecule has 1 amide bonds. The van der Waals surface area contributed by atoms with E-state index in [1.807, 2.05) is 0 Å². The van der Waals surface area contributed by atoms with Crippen LogP contribution in [-0.2, 0) is 9.53 Å². The first kappa shape index (κ1) is 14.1. The highest BCUT2D eigenvalue weighted by Crippen LogP contribution is 2.12. The highest BCUT2D eigenvalue weighted by molar-refractivity contribution is 6.30. The van der Waals surface area contributed by atoms with Gasteiger partial charge in [0, 0.05) is 6.20 Å². The molecule has 0 aliphatic carbocycles. The van der Waals surface area contributed by atoms with Crippen molar-refractivity contribution < 1.29 is 18.7 Å². The number of nitrogens with one attached hydrogen (secondary N) is 2. The number of amides is 1. The normalized spacial score (nSPS) is 10.1. The number of hydrogen-bond donors (Lipinski definition) is 2. The quantitative estimate of drug-likeness (QED) is 0.852. The summed E-state index contributed by atoms with van der Waals surface area (Å²) in [6.45, 7) is -0.524. The fourth-order valence-electron chi connectivity index (χ4n) is 1.44. The van der Waals surface area contributed by atoms with Crippen molar-refractivity contribution in [3.63, 3.8) is 0 Å². The van der Waals surface area contributed by atoms with Crippen LogP contribution < -0.4 is 5.32 Å². The van der Waals surface area contributed by atoms with E-state index in [0.717, 1.165) is 0 Å². The number of aromatic nitrogens is 1. The predicted octanol–water partition coefficient (Wildman–Crippen LogP) is 2.60. The van der Waals surface area contributed by atoms with E-state index in [4.69, 9.17) is 16.3 Å². The lowest BCUT2D eigenvalue weighted by molar-refractivity contribution is -0.119. The first-order chi connectivity index (χ1) is 9.56. The van der Waals surface area contributed by atoms with E-state index >= 15 is 0 Å². The number of aromatic amines is 1. The van der Waals surface area contributed by atoms with Crippen LogP contribution in [0.3, 0.4) is 0 Å². The average molecular weight is 297 g/mol. The minimum atomic E-state index is -0.722. The maximum Gasteiger partial charge on any atom is 0.355 e. The summed E-state index contributed by atoms with van der Waals surface area (Å²) in [6.07, 6.45) is 1.41. The van der Waals surface area contributed by atoms with Gasteiger partial charge < -0.3 is 15.0 Å². The molecule has 0 bridgehead atoms. The Kier molecular flexibility index (Phi) is 4.37. The molecule has 104 valence electrons. The van der Waals surface area contributed by atoms with Gasteiger partial charge in [0.15, 0.2) is 6.61 Å². The summed E-state index contributed by atoms with van der Waals surface area (Å²) in [7, 11) is 0. The van der Waals surface area contributed by atoms with Crippen LogP contribution in [0.5, 0.6) is 0 Å². The van der Waals surface area contributed by atoms with E-state index in [9.17, 15) is 14.0 Å². The van der Waals surface area contributed by atoms with Crippen molar-refractivity contribution in [1.29, 1.82) is 0 Å². The molecule has 0 unspecified atom stereocenters. The van der Waals surface area contributed by atoms with Gasteiger partial charge in [0.2, 0.25) is 0 Å². The largest absolute Gasteiger partial charge is 0.451 e. The molecular weight excluding hydrogens is 287 g/mol. The molecule has 0 saturated heterocycles. The van der Waals surface area contributed by atoms with E-state index in [1.54, 1.807) is 6.07 Å². The number of anilines is 1. The number of rotatable bonds is 4. The highest BCUT2D eigenvalue weighted by atomic mass is 35.5. The smallest absolute Gasteiger partial charge is 0.355 e. The van der Waals surface area contributed by atoms with Crippen molar-refractivity contribution >= 4 is 29.2 Å². The van der Waals surface area contributed by atoms with Gasteiger partial charge in [-0.2, -0.15) is 0 Å². The van der Waals surface area contributed by atoms with Gasteiger partial charge in [0.05, 0.1) is 10.7 Å². The van der Waals surface area contributed by atoms with Crippen LogP contribution in [0, 0.1) is 5.82 Å². The van der Waals surface area contributed by atoms with E-state index < -0.39 is 24.3 Å². The Labute approximate surface area is 118 Å². The molecule has 20 heavy (non-hydrogen) atoms. The van der Waals surface area contributed by atoms with Gasteiger partial charge in [-0.1, -0.05) is 23.7 Å². The topological polar surface area (TPSA) is 71.2 Å². The van der Waals surface area contributed by atoms with E-state index in [0.29, 0.717) is 5.02 Å². The first-order valence-corrected chi connectivity index (χ1v) is 5.99. The molecule has 0 saturated carbocycles. The lowest BCUT2D eigenvalue weighted by Crippen LogP contribution is -2.21. The second kappa shape index (κ2) is 6.21. The number of hydrogen-bond acceptors (Lipinski definition) is 3. The third-order valence-electron chi connectivity index (χ3n) is 2.35. The molecule has 5 nitrogen and oxygen atoms in total. The summed E-state index contributed by atoms with van der Waals surface area (Å²) in [5.41, 5.74) is 0.158. The van der Waals surface area contributed by atoms with E-state index in [1.165, 1.54) is 30.5 Å². The van der Waals surface area contributed by atoms with Crippen molar-refractivity contribution in [3.05, 3.63) is 53.1 Å². The average Bonchev–Trinajstić information content (AvgIpc) is 2.85. The predicted molar refractivity (Wildman–Crippen MR) is 71.1 cm³/mol. The molecule has 1 aromatic carbocycles. The first-order valence-electron chi connectivity index (χ1n) is 5.61. The molecular formula is C13H10ClFN2O3. The number of esters is 1. The Morgan fingerprint density at radius 3 is 2.75 bits per heavy atom. The lowest BCUT2D eigenvalue weighted by Gasteiger charge is -2.06. The number of carbonyl (C=O) groups is 2. The summed E-state index contributed by atoms with van der Waals surface area (Å²) in [6, 6.07) is 7.06. The van der Waals surface area contributed by atoms with Crippen LogP contribution >= 0.6 is 11.6 Å². The molecule has 0 atom stereocenters. The monoisotopic (exact) mass is 296 g/mol. The molecule has 0 spiro atoms. The van der Waals surface area contributed by atoms with E-state index in [-0.39, 0.29) is 11.4 Å². The number of para-hydroxylation sites is 1. The second-order valence-electron chi connectivity index (χ2n) is 3.84. The van der Waals surface area contributed by atoms with Crippen LogP contribution in [0.25, 0.3) is 0 Å². The van der Waals surface area contributed by atoms with Crippen LogP contribution in [0.1, 0.15) is 10.5 Å². The van der Waals surface area contributed by atoms with Crippen LogP contribution in [0.2, 0.25) is 5.02 Å². The summed E-state index contributed by atoms with van der Waals surface area (Å²) in [5.74, 6) is -1.93. The molecule has 0 fully saturated rings. The second-order valence-corrected chi connectivity index (χ2v) is 4.27. The summed E-state index contributed by atoms with van der Waals surface area (Å²) in [4.78, 5) is 25.6. The van der Waals surface area contributed by atoms with Gasteiger partial charge in [-0.05, 0) is 18.2 Å². The number of H-pyrrole nitrogens is 1. The number of carbonyl (C=O) groups excluding carboxylic acids is 2. The number of ether oxygens (including phenoxy) is 1. The lowest BCUT2D eigenvalue weighted by atomic mass is 10.3. The van der Waals surface area contributed by atoms with Crippen LogP contribution in [0.4, 0.5) is 10.1 Å². The maximum atomic E-state index is 13.3. The molecule has 0 radical (unpaired) electrons. The molecule has 0 aliphatic heterocycles. The highest BCUT2D eigenvalue weighted by Gasteiger charge is 2.13. The summed E-state index contributed by atoms with van der Waals surface area (Å²) in [5, 5.41) is 2.65. The van der Waals surface area contributed by atoms with Crippen LogP contribution in [-0.4, -0.2) is 23.5 Å². The molecule has 7 heteroatoms. The van der Waals surface area contributed by atoms with Gasteiger partial charge in [-0.25, -0.2) is 9.18 Å². The van der Waals surface area contributed by atoms with Gasteiger partial charge in [-0.3, -0.25) is 4.79 Å². The van der Waals surface area contributed by atoms with Crippen molar-refractivity contribution in [1.82, 2.24) is 4.98 Å². The van der Waals surface area contributed by atoms with Crippen LogP contribution in [0.15, 0.2) is 36.5 Å². The summed E-state index contributed by atoms with van der Waals surface area (Å²) >= 11 is 5.63. The van der Waals surface area contributed by atoms with Crippen molar-refractivity contribution in [2.45, 2.75) is 0 Å². The van der Waals surface area contributed by atoms with Gasteiger partial charge in [-0.15, -0.1) is 0 Å². The SMILES string of the molecule is O=C(COC(=O)c1cc(Cl)c[nH]1)Nc1ccccc1F. The molecule has 1 heterocycles.